The second-order valence-corrected chi connectivity index (χ2v) is 2.97. The third-order valence-corrected chi connectivity index (χ3v) is 1.80. The van der Waals surface area contributed by atoms with Crippen molar-refractivity contribution >= 4 is 17.9 Å². The minimum absolute atomic E-state index is 0.0428. The Morgan fingerprint density at radius 1 is 1.60 bits per heavy atom. The Labute approximate surface area is 86.9 Å². The predicted octanol–water partition coefficient (Wildman–Crippen LogP) is 0.644. The molecule has 0 spiro atoms. The lowest BCUT2D eigenvalue weighted by Crippen LogP contribution is -1.97. The summed E-state index contributed by atoms with van der Waals surface area (Å²) in [5.41, 5.74) is 6.74. The van der Waals surface area contributed by atoms with Gasteiger partial charge in [-0.1, -0.05) is 12.2 Å². The van der Waals surface area contributed by atoms with E-state index in [1.54, 1.807) is 12.1 Å². The number of anilines is 1. The van der Waals surface area contributed by atoms with E-state index in [4.69, 9.17) is 15.9 Å². The van der Waals surface area contributed by atoms with Crippen LogP contribution in [0.5, 0.6) is 0 Å². The van der Waals surface area contributed by atoms with Crippen LogP contribution >= 0.6 is 0 Å². The Balaban J connectivity index is 2.78. The third-order valence-electron chi connectivity index (χ3n) is 1.80. The molecule has 0 saturated heterocycles. The van der Waals surface area contributed by atoms with Crippen LogP contribution in [0.3, 0.4) is 0 Å². The number of carboxylic acids is 1. The van der Waals surface area contributed by atoms with Gasteiger partial charge in [0.05, 0.1) is 13.0 Å². The Kier molecular flexibility index (Phi) is 3.82. The molecular weight excluding hydrogens is 196 g/mol. The number of carbonyl (C=O) groups is 1. The molecule has 0 radical (unpaired) electrons. The maximum atomic E-state index is 10.2. The van der Waals surface area contributed by atoms with Crippen LogP contribution in [0.2, 0.25) is 0 Å². The van der Waals surface area contributed by atoms with E-state index in [2.05, 4.69) is 4.98 Å². The molecule has 1 aromatic heterocycles. The smallest absolute Gasteiger partial charge is 0.307 e. The number of rotatable bonds is 4. The molecule has 0 fully saturated rings. The fourth-order valence-corrected chi connectivity index (χ4v) is 1.05. The van der Waals surface area contributed by atoms with Crippen molar-refractivity contribution in [2.24, 2.45) is 0 Å². The molecule has 80 valence electrons. The van der Waals surface area contributed by atoms with Gasteiger partial charge in [-0.2, -0.15) is 0 Å². The lowest BCUT2D eigenvalue weighted by molar-refractivity contribution is -0.135. The van der Waals surface area contributed by atoms with Crippen LogP contribution in [0.25, 0.3) is 6.08 Å². The van der Waals surface area contributed by atoms with Crippen molar-refractivity contribution in [1.82, 2.24) is 4.98 Å². The molecule has 0 aromatic carbocycles. The number of nitrogens with two attached hydrogens (primary N) is 1. The monoisotopic (exact) mass is 208 g/mol. The predicted molar refractivity (Wildman–Crippen MR) is 55.9 cm³/mol. The summed E-state index contributed by atoms with van der Waals surface area (Å²) >= 11 is 0. The third kappa shape index (κ3) is 3.40. The number of nitrogens with zero attached hydrogens (tertiary/aromatic N) is 1. The summed E-state index contributed by atoms with van der Waals surface area (Å²) in [6.45, 7) is -0.181. The van der Waals surface area contributed by atoms with Gasteiger partial charge in [0, 0.05) is 11.8 Å². The van der Waals surface area contributed by atoms with Gasteiger partial charge in [0.1, 0.15) is 5.82 Å². The van der Waals surface area contributed by atoms with Gasteiger partial charge >= 0.3 is 5.97 Å². The molecule has 0 aliphatic rings. The summed E-state index contributed by atoms with van der Waals surface area (Å²) in [6, 6.07) is 1.67. The highest BCUT2D eigenvalue weighted by Gasteiger charge is 1.99. The Hall–Kier alpha value is -1.88. The van der Waals surface area contributed by atoms with E-state index in [1.165, 1.54) is 12.3 Å². The number of hydrogen-bond acceptors (Lipinski definition) is 4. The number of hydrogen-bond donors (Lipinski definition) is 3. The first-order valence-electron chi connectivity index (χ1n) is 4.37. The number of aliphatic hydroxyl groups is 1. The Morgan fingerprint density at radius 2 is 2.33 bits per heavy atom. The van der Waals surface area contributed by atoms with Crippen LogP contribution in [0, 0.1) is 0 Å². The normalized spacial score (nSPS) is 10.7. The maximum Gasteiger partial charge on any atom is 0.307 e. The molecule has 1 heterocycles. The van der Waals surface area contributed by atoms with E-state index >= 15 is 0 Å². The lowest BCUT2D eigenvalue weighted by atomic mass is 10.2. The minimum Gasteiger partial charge on any atom is -0.481 e. The summed E-state index contributed by atoms with van der Waals surface area (Å²) in [6.07, 6.45) is 4.61. The highest BCUT2D eigenvalue weighted by Crippen LogP contribution is 2.11. The molecule has 0 aliphatic carbocycles. The minimum atomic E-state index is -0.892. The van der Waals surface area contributed by atoms with Gasteiger partial charge in [0.25, 0.3) is 0 Å². The van der Waals surface area contributed by atoms with Crippen molar-refractivity contribution in [3.8, 4) is 0 Å². The van der Waals surface area contributed by atoms with Gasteiger partial charge in [-0.25, -0.2) is 4.98 Å². The number of pyridine rings is 1. The molecule has 0 amide bonds. The molecule has 1 aromatic rings. The first-order valence-corrected chi connectivity index (χ1v) is 4.37. The van der Waals surface area contributed by atoms with Crippen LogP contribution in [0.15, 0.2) is 18.3 Å². The molecule has 15 heavy (non-hydrogen) atoms. The van der Waals surface area contributed by atoms with Crippen molar-refractivity contribution in [3.05, 3.63) is 29.5 Å². The van der Waals surface area contributed by atoms with Gasteiger partial charge in [-0.3, -0.25) is 4.79 Å². The van der Waals surface area contributed by atoms with Crippen molar-refractivity contribution < 1.29 is 15.0 Å². The second kappa shape index (κ2) is 5.11. The average Bonchev–Trinajstić information content (AvgIpc) is 2.20. The molecule has 4 N–H and O–H groups in total. The van der Waals surface area contributed by atoms with E-state index in [9.17, 15) is 4.79 Å². The van der Waals surface area contributed by atoms with Crippen LogP contribution in [-0.4, -0.2) is 21.2 Å². The molecule has 0 atom stereocenters. The topological polar surface area (TPSA) is 96.4 Å². The van der Waals surface area contributed by atoms with Gasteiger partial charge < -0.3 is 15.9 Å². The SMILES string of the molecule is Nc1ncc(C=CCC(=O)O)cc1CO. The molecule has 0 saturated carbocycles. The zero-order valence-corrected chi connectivity index (χ0v) is 8.05. The number of aliphatic carboxylic acids is 1. The molecule has 5 nitrogen and oxygen atoms in total. The zero-order valence-electron chi connectivity index (χ0n) is 8.05. The van der Waals surface area contributed by atoms with Crippen LogP contribution in [0.1, 0.15) is 17.5 Å². The van der Waals surface area contributed by atoms with Gasteiger partial charge in [0.2, 0.25) is 0 Å². The summed E-state index contributed by atoms with van der Waals surface area (Å²) in [5, 5.41) is 17.3. The summed E-state index contributed by atoms with van der Waals surface area (Å²) in [4.78, 5) is 14.1. The van der Waals surface area contributed by atoms with Crippen LogP contribution in [0.4, 0.5) is 5.82 Å². The molecule has 5 heteroatoms. The van der Waals surface area contributed by atoms with Gasteiger partial charge in [0.15, 0.2) is 0 Å². The standard InChI is InChI=1S/C10H12N2O3/c11-10-8(6-13)4-7(5-12-10)2-1-3-9(14)15/h1-2,4-5,13H,3,6H2,(H2,11,12)(H,14,15). The van der Waals surface area contributed by atoms with Crippen molar-refractivity contribution in [3.63, 3.8) is 0 Å². The number of nitrogen functional groups attached to an aromatic ring is 1. The van der Waals surface area contributed by atoms with E-state index in [-0.39, 0.29) is 18.8 Å². The highest BCUT2D eigenvalue weighted by atomic mass is 16.4. The zero-order chi connectivity index (χ0) is 11.3. The van der Waals surface area contributed by atoms with Gasteiger partial charge in [-0.05, 0) is 11.6 Å². The Bertz CT molecular complexity index is 388. The van der Waals surface area contributed by atoms with E-state index in [0.29, 0.717) is 5.56 Å². The number of carboxylic acid groups (broad SMARTS) is 1. The summed E-state index contributed by atoms with van der Waals surface area (Å²) < 4.78 is 0. The highest BCUT2D eigenvalue weighted by molar-refractivity contribution is 5.70. The second-order valence-electron chi connectivity index (χ2n) is 2.97. The lowest BCUT2D eigenvalue weighted by Gasteiger charge is -2.01. The molecule has 0 bridgehead atoms. The van der Waals surface area contributed by atoms with E-state index in [1.807, 2.05) is 0 Å². The molecule has 0 unspecified atom stereocenters. The van der Waals surface area contributed by atoms with Crippen molar-refractivity contribution in [2.45, 2.75) is 13.0 Å². The maximum absolute atomic E-state index is 10.2. The Morgan fingerprint density at radius 3 is 2.93 bits per heavy atom. The number of aliphatic hydroxyl groups excluding tert-OH is 1. The number of aromatic nitrogens is 1. The molecular formula is C10H12N2O3. The summed E-state index contributed by atoms with van der Waals surface area (Å²) in [5.74, 6) is -0.607. The van der Waals surface area contributed by atoms with E-state index < -0.39 is 5.97 Å². The van der Waals surface area contributed by atoms with E-state index in [0.717, 1.165) is 5.56 Å². The fourth-order valence-electron chi connectivity index (χ4n) is 1.05. The van der Waals surface area contributed by atoms with Crippen LogP contribution < -0.4 is 5.73 Å². The van der Waals surface area contributed by atoms with Crippen molar-refractivity contribution in [1.29, 1.82) is 0 Å². The van der Waals surface area contributed by atoms with Gasteiger partial charge in [-0.15, -0.1) is 0 Å². The average molecular weight is 208 g/mol. The molecule has 0 aliphatic heterocycles. The summed E-state index contributed by atoms with van der Waals surface area (Å²) in [7, 11) is 0. The largest absolute Gasteiger partial charge is 0.481 e. The first kappa shape index (κ1) is 11.2. The first-order chi connectivity index (χ1) is 7.13. The van der Waals surface area contributed by atoms with Crippen molar-refractivity contribution in [2.75, 3.05) is 5.73 Å². The molecule has 1 rings (SSSR count). The van der Waals surface area contributed by atoms with Crippen LogP contribution in [-0.2, 0) is 11.4 Å². The quantitative estimate of drug-likeness (QED) is 0.674. The fraction of sp³-hybridized carbons (Fsp3) is 0.200.